The minimum atomic E-state index is -0.822. The first-order valence-corrected chi connectivity index (χ1v) is 5.99. The van der Waals surface area contributed by atoms with E-state index in [9.17, 15) is 9.90 Å². The standard InChI is InChI=1S/C12H16BrNO3/c1-8-4-5-9(13)6-10(8)11(15)7-12(16)14(2)17-3/h4-6,11,15H,7H2,1-3H3. The van der Waals surface area contributed by atoms with Crippen LogP contribution in [0.4, 0.5) is 0 Å². The van der Waals surface area contributed by atoms with Crippen molar-refractivity contribution >= 4 is 21.8 Å². The number of halogens is 1. The lowest BCUT2D eigenvalue weighted by molar-refractivity contribution is -0.170. The Labute approximate surface area is 109 Å². The van der Waals surface area contributed by atoms with Crippen LogP contribution in [0.1, 0.15) is 23.7 Å². The lowest BCUT2D eigenvalue weighted by Crippen LogP contribution is -2.27. The van der Waals surface area contributed by atoms with E-state index in [1.165, 1.54) is 14.2 Å². The number of carbonyl (C=O) groups is 1. The Morgan fingerprint density at radius 3 is 2.82 bits per heavy atom. The van der Waals surface area contributed by atoms with Gasteiger partial charge in [0.2, 0.25) is 5.91 Å². The molecule has 1 amide bonds. The second kappa shape index (κ2) is 6.14. The molecule has 94 valence electrons. The van der Waals surface area contributed by atoms with Gasteiger partial charge < -0.3 is 5.11 Å². The fraction of sp³-hybridized carbons (Fsp3) is 0.417. The number of benzene rings is 1. The van der Waals surface area contributed by atoms with E-state index in [0.29, 0.717) is 0 Å². The molecule has 0 aliphatic rings. The first-order valence-electron chi connectivity index (χ1n) is 5.20. The van der Waals surface area contributed by atoms with Crippen molar-refractivity contribution in [2.75, 3.05) is 14.2 Å². The number of amides is 1. The van der Waals surface area contributed by atoms with E-state index in [-0.39, 0.29) is 12.3 Å². The first-order chi connectivity index (χ1) is 7.95. The predicted octanol–water partition coefficient (Wildman–Crippen LogP) is 2.20. The Balaban J connectivity index is 2.79. The summed E-state index contributed by atoms with van der Waals surface area (Å²) in [5, 5.41) is 11.1. The van der Waals surface area contributed by atoms with Gasteiger partial charge in [-0.1, -0.05) is 22.0 Å². The fourth-order valence-electron chi connectivity index (χ4n) is 1.48. The Kier molecular flexibility index (Phi) is 5.11. The molecule has 1 aromatic carbocycles. The monoisotopic (exact) mass is 301 g/mol. The summed E-state index contributed by atoms with van der Waals surface area (Å²) in [5.41, 5.74) is 1.70. The molecule has 0 spiro atoms. The van der Waals surface area contributed by atoms with E-state index in [0.717, 1.165) is 20.7 Å². The minimum Gasteiger partial charge on any atom is -0.388 e. The maximum Gasteiger partial charge on any atom is 0.248 e. The van der Waals surface area contributed by atoms with Crippen molar-refractivity contribution in [2.24, 2.45) is 0 Å². The zero-order valence-electron chi connectivity index (χ0n) is 10.1. The molecule has 0 radical (unpaired) electrons. The van der Waals surface area contributed by atoms with E-state index in [1.54, 1.807) is 0 Å². The van der Waals surface area contributed by atoms with Gasteiger partial charge in [-0.15, -0.1) is 0 Å². The van der Waals surface area contributed by atoms with Gasteiger partial charge >= 0.3 is 0 Å². The van der Waals surface area contributed by atoms with Crippen molar-refractivity contribution in [3.63, 3.8) is 0 Å². The van der Waals surface area contributed by atoms with E-state index in [2.05, 4.69) is 15.9 Å². The van der Waals surface area contributed by atoms with Crippen molar-refractivity contribution in [1.29, 1.82) is 0 Å². The van der Waals surface area contributed by atoms with Crippen LogP contribution >= 0.6 is 15.9 Å². The molecule has 0 saturated carbocycles. The number of aliphatic hydroxyl groups is 1. The van der Waals surface area contributed by atoms with Gasteiger partial charge in [0.05, 0.1) is 19.6 Å². The molecule has 0 bridgehead atoms. The summed E-state index contributed by atoms with van der Waals surface area (Å²) < 4.78 is 0.879. The van der Waals surface area contributed by atoms with Crippen molar-refractivity contribution in [2.45, 2.75) is 19.4 Å². The third kappa shape index (κ3) is 3.80. The van der Waals surface area contributed by atoms with Crippen LogP contribution < -0.4 is 0 Å². The topological polar surface area (TPSA) is 49.8 Å². The molecular formula is C12H16BrNO3. The summed E-state index contributed by atoms with van der Waals surface area (Å²) >= 11 is 3.34. The summed E-state index contributed by atoms with van der Waals surface area (Å²) in [7, 11) is 2.93. The predicted molar refractivity (Wildman–Crippen MR) is 68.2 cm³/mol. The molecule has 0 aliphatic heterocycles. The summed E-state index contributed by atoms with van der Waals surface area (Å²) in [6, 6.07) is 5.61. The molecule has 1 unspecified atom stereocenters. The van der Waals surface area contributed by atoms with Crippen LogP contribution in [0, 0.1) is 6.92 Å². The fourth-order valence-corrected chi connectivity index (χ4v) is 1.85. The average molecular weight is 302 g/mol. The molecular weight excluding hydrogens is 286 g/mol. The molecule has 1 rings (SSSR count). The third-order valence-electron chi connectivity index (χ3n) is 2.59. The van der Waals surface area contributed by atoms with Crippen molar-refractivity contribution in [1.82, 2.24) is 5.06 Å². The van der Waals surface area contributed by atoms with Crippen molar-refractivity contribution in [3.8, 4) is 0 Å². The van der Waals surface area contributed by atoms with Crippen LogP contribution in [-0.4, -0.2) is 30.2 Å². The number of nitrogens with zero attached hydrogens (tertiary/aromatic N) is 1. The molecule has 0 saturated heterocycles. The second-order valence-corrected chi connectivity index (χ2v) is 4.71. The highest BCUT2D eigenvalue weighted by Gasteiger charge is 2.18. The van der Waals surface area contributed by atoms with E-state index in [4.69, 9.17) is 4.84 Å². The lowest BCUT2D eigenvalue weighted by atomic mass is 10.0. The zero-order chi connectivity index (χ0) is 13.0. The number of hydroxylamine groups is 2. The molecule has 1 aromatic rings. The summed E-state index contributed by atoms with van der Waals surface area (Å²) in [5.74, 6) is -0.264. The SMILES string of the molecule is CON(C)C(=O)CC(O)c1cc(Br)ccc1C. The van der Waals surface area contributed by atoms with Crippen LogP contribution in [0.15, 0.2) is 22.7 Å². The lowest BCUT2D eigenvalue weighted by Gasteiger charge is -2.18. The van der Waals surface area contributed by atoms with Gasteiger partial charge in [-0.2, -0.15) is 0 Å². The maximum absolute atomic E-state index is 11.6. The molecule has 1 atom stereocenters. The normalized spacial score (nSPS) is 12.3. The smallest absolute Gasteiger partial charge is 0.248 e. The molecule has 1 N–H and O–H groups in total. The maximum atomic E-state index is 11.6. The molecule has 0 fully saturated rings. The summed E-state index contributed by atoms with van der Waals surface area (Å²) in [6.45, 7) is 1.90. The molecule has 0 aromatic heterocycles. The number of carbonyl (C=O) groups excluding carboxylic acids is 1. The first kappa shape index (κ1) is 14.2. The Hall–Kier alpha value is -0.910. The largest absolute Gasteiger partial charge is 0.388 e. The van der Waals surface area contributed by atoms with Crippen molar-refractivity contribution < 1.29 is 14.7 Å². The average Bonchev–Trinajstić information content (AvgIpc) is 2.30. The Bertz CT molecular complexity index is 409. The number of rotatable bonds is 4. The molecule has 0 aliphatic carbocycles. The van der Waals surface area contributed by atoms with Gasteiger partial charge in [-0.25, -0.2) is 5.06 Å². The van der Waals surface area contributed by atoms with Crippen LogP contribution in [0.25, 0.3) is 0 Å². The second-order valence-electron chi connectivity index (χ2n) is 3.79. The van der Waals surface area contributed by atoms with Crippen LogP contribution in [0.3, 0.4) is 0 Å². The molecule has 5 heteroatoms. The minimum absolute atomic E-state index is 0.00162. The highest BCUT2D eigenvalue weighted by atomic mass is 79.9. The van der Waals surface area contributed by atoms with E-state index in [1.807, 2.05) is 25.1 Å². The van der Waals surface area contributed by atoms with Gasteiger partial charge in [0.25, 0.3) is 0 Å². The van der Waals surface area contributed by atoms with Crippen LogP contribution in [-0.2, 0) is 9.63 Å². The van der Waals surface area contributed by atoms with Gasteiger partial charge in [-0.3, -0.25) is 9.63 Å². The quantitative estimate of drug-likeness (QED) is 0.868. The molecule has 0 heterocycles. The van der Waals surface area contributed by atoms with Crippen LogP contribution in [0.5, 0.6) is 0 Å². The molecule has 17 heavy (non-hydrogen) atoms. The number of hydrogen-bond acceptors (Lipinski definition) is 3. The Morgan fingerprint density at radius 2 is 2.24 bits per heavy atom. The van der Waals surface area contributed by atoms with Gasteiger partial charge in [-0.05, 0) is 30.2 Å². The summed E-state index contributed by atoms with van der Waals surface area (Å²) in [6.07, 6.45) is -0.820. The van der Waals surface area contributed by atoms with E-state index >= 15 is 0 Å². The van der Waals surface area contributed by atoms with Crippen molar-refractivity contribution in [3.05, 3.63) is 33.8 Å². The van der Waals surface area contributed by atoms with Gasteiger partial charge in [0, 0.05) is 11.5 Å². The summed E-state index contributed by atoms with van der Waals surface area (Å²) in [4.78, 5) is 16.3. The Morgan fingerprint density at radius 1 is 1.59 bits per heavy atom. The highest BCUT2D eigenvalue weighted by Crippen LogP contribution is 2.24. The zero-order valence-corrected chi connectivity index (χ0v) is 11.7. The van der Waals surface area contributed by atoms with E-state index < -0.39 is 6.10 Å². The number of aliphatic hydroxyl groups excluding tert-OH is 1. The van der Waals surface area contributed by atoms with Crippen LogP contribution in [0.2, 0.25) is 0 Å². The molecule has 4 nitrogen and oxygen atoms in total. The highest BCUT2D eigenvalue weighted by molar-refractivity contribution is 9.10. The third-order valence-corrected chi connectivity index (χ3v) is 3.09. The number of aryl methyl sites for hydroxylation is 1. The number of hydrogen-bond donors (Lipinski definition) is 1. The van der Waals surface area contributed by atoms with Gasteiger partial charge in [0.15, 0.2) is 0 Å². The van der Waals surface area contributed by atoms with Gasteiger partial charge in [0.1, 0.15) is 0 Å².